The highest BCUT2D eigenvalue weighted by atomic mass is 19.4. The van der Waals surface area contributed by atoms with Gasteiger partial charge in [-0.1, -0.05) is 5.21 Å². The lowest BCUT2D eigenvalue weighted by atomic mass is 10.0. The lowest BCUT2D eigenvalue weighted by Gasteiger charge is -2.32. The van der Waals surface area contributed by atoms with Crippen LogP contribution in [0.25, 0.3) is 38.2 Å². The zero-order chi connectivity index (χ0) is 25.9. The molecule has 4 aromatic heterocycles. The number of carbonyl (C=O) groups is 1. The van der Waals surface area contributed by atoms with Crippen LogP contribution >= 0.6 is 0 Å². The number of piperidine rings is 1. The van der Waals surface area contributed by atoms with Gasteiger partial charge in [0.25, 0.3) is 0 Å². The number of amides is 1. The highest BCUT2D eigenvalue weighted by Crippen LogP contribution is 2.42. The van der Waals surface area contributed by atoms with Crippen molar-refractivity contribution in [3.05, 3.63) is 47.6 Å². The molecule has 10 nitrogen and oxygen atoms in total. The van der Waals surface area contributed by atoms with E-state index in [1.54, 1.807) is 27.9 Å². The minimum absolute atomic E-state index is 0.0665. The zero-order valence-electron chi connectivity index (χ0n) is 19.4. The molecular weight excluding hydrogens is 487 g/mol. The molecule has 0 aromatic carbocycles. The van der Waals surface area contributed by atoms with E-state index < -0.39 is 23.1 Å². The monoisotopic (exact) mass is 507 g/mol. The summed E-state index contributed by atoms with van der Waals surface area (Å²) < 4.78 is 41.9. The van der Waals surface area contributed by atoms with Gasteiger partial charge in [-0.3, -0.25) is 14.6 Å². The molecule has 0 spiro atoms. The van der Waals surface area contributed by atoms with Gasteiger partial charge in [-0.05, 0) is 31.0 Å². The number of likely N-dealkylation sites (tertiary alicyclic amines) is 1. The molecule has 37 heavy (non-hydrogen) atoms. The third kappa shape index (κ3) is 3.80. The number of alkyl halides is 3. The maximum Gasteiger partial charge on any atom is 0.419 e. The van der Waals surface area contributed by atoms with E-state index in [2.05, 4.69) is 30.1 Å². The highest BCUT2D eigenvalue weighted by Gasteiger charge is 2.60. The van der Waals surface area contributed by atoms with Crippen molar-refractivity contribution < 1.29 is 18.0 Å². The quantitative estimate of drug-likeness (QED) is 0.420. The van der Waals surface area contributed by atoms with Gasteiger partial charge in [0.15, 0.2) is 0 Å². The van der Waals surface area contributed by atoms with E-state index in [0.29, 0.717) is 60.8 Å². The molecule has 5 heterocycles. The molecule has 13 heteroatoms. The first kappa shape index (κ1) is 23.1. The van der Waals surface area contributed by atoms with Gasteiger partial charge in [-0.25, -0.2) is 21.2 Å². The number of nitrogen functional groups attached to an aromatic ring is 1. The van der Waals surface area contributed by atoms with Crippen LogP contribution in [0.4, 0.5) is 19.0 Å². The number of hydrogen-bond acceptors (Lipinski definition) is 7. The Hall–Kier alpha value is -4.34. The van der Waals surface area contributed by atoms with Crippen molar-refractivity contribution in [3.8, 4) is 11.3 Å². The SMILES string of the molecule is [C-]#[N+]C1(C(=O)N2CCC(n3nnc4cnc5ccc(-c6cnc(N)c(C(F)(F)F)c6)nc5c43)CC2)CC1. The van der Waals surface area contributed by atoms with Crippen molar-refractivity contribution in [2.75, 3.05) is 18.8 Å². The number of aromatic nitrogens is 6. The minimum atomic E-state index is -4.65. The molecule has 4 aromatic rings. The largest absolute Gasteiger partial charge is 0.419 e. The second-order valence-electron chi connectivity index (χ2n) is 9.41. The molecule has 0 unspecified atom stereocenters. The fraction of sp³-hybridized carbons (Fsp3) is 0.375. The third-order valence-electron chi connectivity index (χ3n) is 7.10. The first-order chi connectivity index (χ1) is 17.7. The van der Waals surface area contributed by atoms with Crippen molar-refractivity contribution in [3.63, 3.8) is 0 Å². The predicted molar refractivity (Wildman–Crippen MR) is 127 cm³/mol. The summed E-state index contributed by atoms with van der Waals surface area (Å²) in [5.74, 6) is -0.696. The van der Waals surface area contributed by atoms with Gasteiger partial charge in [0.1, 0.15) is 22.4 Å². The third-order valence-corrected chi connectivity index (χ3v) is 7.10. The van der Waals surface area contributed by atoms with Crippen LogP contribution in [-0.4, -0.2) is 59.4 Å². The Balaban J connectivity index is 1.35. The standard InChI is InChI=1S/C24H20F3N9O/c1-29-23(6-7-23)22(37)35-8-4-14(5-9-35)36-20-18(33-34-36)12-30-17-3-2-16(32-19(17)20)13-10-15(24(25,26)27)21(28)31-11-13/h2-3,10-12,14H,4-9H2,(H2,28,31). The van der Waals surface area contributed by atoms with Crippen molar-refractivity contribution >= 4 is 33.8 Å². The smallest absolute Gasteiger partial charge is 0.383 e. The first-order valence-corrected chi connectivity index (χ1v) is 11.7. The summed E-state index contributed by atoms with van der Waals surface area (Å²) in [6.07, 6.45) is 0.668. The normalized spacial score (nSPS) is 17.7. The van der Waals surface area contributed by atoms with Gasteiger partial charge < -0.3 is 10.6 Å². The van der Waals surface area contributed by atoms with E-state index in [4.69, 9.17) is 12.3 Å². The Morgan fingerprint density at radius 2 is 1.89 bits per heavy atom. The summed E-state index contributed by atoms with van der Waals surface area (Å²) >= 11 is 0. The van der Waals surface area contributed by atoms with Crippen LogP contribution in [0.3, 0.4) is 0 Å². The van der Waals surface area contributed by atoms with E-state index in [1.165, 1.54) is 6.20 Å². The van der Waals surface area contributed by atoms with E-state index >= 15 is 0 Å². The number of nitrogens with two attached hydrogens (primary N) is 1. The molecular formula is C24H20F3N9O. The van der Waals surface area contributed by atoms with Crippen molar-refractivity contribution in [2.45, 2.75) is 43.4 Å². The lowest BCUT2D eigenvalue weighted by molar-refractivity contribution is -0.137. The van der Waals surface area contributed by atoms with E-state index in [1.807, 2.05) is 0 Å². The first-order valence-electron chi connectivity index (χ1n) is 11.7. The van der Waals surface area contributed by atoms with Crippen LogP contribution in [-0.2, 0) is 11.0 Å². The van der Waals surface area contributed by atoms with Crippen molar-refractivity contribution in [1.82, 2.24) is 34.8 Å². The fourth-order valence-corrected chi connectivity index (χ4v) is 4.84. The topological polar surface area (TPSA) is 120 Å². The summed E-state index contributed by atoms with van der Waals surface area (Å²) in [6.45, 7) is 8.35. The molecule has 2 aliphatic rings. The fourth-order valence-electron chi connectivity index (χ4n) is 4.84. The number of halogens is 3. The number of pyridine rings is 3. The van der Waals surface area contributed by atoms with Gasteiger partial charge in [0.2, 0.25) is 0 Å². The van der Waals surface area contributed by atoms with Crippen LogP contribution in [0.5, 0.6) is 0 Å². The van der Waals surface area contributed by atoms with Gasteiger partial charge in [0, 0.05) is 37.7 Å². The van der Waals surface area contributed by atoms with Crippen LogP contribution in [0, 0.1) is 6.57 Å². The number of anilines is 1. The Kier molecular flexibility index (Phi) is 5.05. The van der Waals surface area contributed by atoms with E-state index in [0.717, 1.165) is 6.07 Å². The lowest BCUT2D eigenvalue weighted by Crippen LogP contribution is -2.44. The van der Waals surface area contributed by atoms with Crippen LogP contribution in [0.1, 0.15) is 37.3 Å². The molecule has 1 aliphatic heterocycles. The molecule has 0 radical (unpaired) electrons. The molecule has 2 N–H and O–H groups in total. The summed E-state index contributed by atoms with van der Waals surface area (Å²) in [5.41, 5.74) is 6.13. The minimum Gasteiger partial charge on any atom is -0.383 e. The molecule has 1 saturated carbocycles. The number of hydrogen-bond donors (Lipinski definition) is 1. The Morgan fingerprint density at radius 1 is 1.14 bits per heavy atom. The van der Waals surface area contributed by atoms with Crippen molar-refractivity contribution in [2.24, 2.45) is 0 Å². The molecule has 1 amide bonds. The van der Waals surface area contributed by atoms with Crippen molar-refractivity contribution in [1.29, 1.82) is 0 Å². The number of nitrogens with zero attached hydrogens (tertiary/aromatic N) is 8. The Bertz CT molecular complexity index is 1600. The molecule has 1 saturated heterocycles. The molecule has 6 rings (SSSR count). The van der Waals surface area contributed by atoms with Crippen LogP contribution < -0.4 is 5.73 Å². The van der Waals surface area contributed by atoms with E-state index in [9.17, 15) is 18.0 Å². The number of rotatable bonds is 3. The summed E-state index contributed by atoms with van der Waals surface area (Å²) in [5, 5.41) is 8.57. The average Bonchev–Trinajstić information content (AvgIpc) is 3.58. The van der Waals surface area contributed by atoms with Gasteiger partial charge in [-0.2, -0.15) is 13.2 Å². The number of fused-ring (bicyclic) bond motifs is 3. The second-order valence-corrected chi connectivity index (χ2v) is 9.41. The van der Waals surface area contributed by atoms with E-state index in [-0.39, 0.29) is 23.2 Å². The highest BCUT2D eigenvalue weighted by molar-refractivity contribution is 5.99. The zero-order valence-corrected chi connectivity index (χ0v) is 19.4. The molecule has 188 valence electrons. The molecule has 2 fully saturated rings. The maximum absolute atomic E-state index is 13.4. The van der Waals surface area contributed by atoms with Crippen LogP contribution in [0.2, 0.25) is 0 Å². The molecule has 0 atom stereocenters. The second kappa shape index (κ2) is 8.09. The van der Waals surface area contributed by atoms with Gasteiger partial charge in [0.05, 0.1) is 29.0 Å². The molecule has 0 bridgehead atoms. The Labute approximate surface area is 208 Å². The Morgan fingerprint density at radius 3 is 2.57 bits per heavy atom. The predicted octanol–water partition coefficient (Wildman–Crippen LogP) is 3.65. The van der Waals surface area contributed by atoms with Gasteiger partial charge in [-0.15, -0.1) is 5.10 Å². The average molecular weight is 507 g/mol. The summed E-state index contributed by atoms with van der Waals surface area (Å²) in [4.78, 5) is 30.8. The summed E-state index contributed by atoms with van der Waals surface area (Å²) in [7, 11) is 0. The van der Waals surface area contributed by atoms with Crippen LogP contribution in [0.15, 0.2) is 30.6 Å². The number of carbonyl (C=O) groups excluding carboxylic acids is 1. The molecule has 1 aliphatic carbocycles. The van der Waals surface area contributed by atoms with Gasteiger partial charge >= 0.3 is 17.6 Å². The summed E-state index contributed by atoms with van der Waals surface area (Å²) in [6, 6.07) is 4.13. The maximum atomic E-state index is 13.4.